The highest BCUT2D eigenvalue weighted by Gasteiger charge is 2.35. The number of aliphatic hydroxyl groups is 1. The smallest absolute Gasteiger partial charge is 0.231 e. The van der Waals surface area contributed by atoms with Crippen LogP contribution < -0.4 is 10.2 Å². The molecule has 1 aromatic carbocycles. The minimum Gasteiger partial charge on any atom is -0.387 e. The zero-order chi connectivity index (χ0) is 23.7. The van der Waals surface area contributed by atoms with Gasteiger partial charge in [0, 0.05) is 54.9 Å². The summed E-state index contributed by atoms with van der Waals surface area (Å²) in [4.78, 5) is 26.2. The fourth-order valence-corrected chi connectivity index (χ4v) is 4.94. The van der Waals surface area contributed by atoms with Crippen molar-refractivity contribution in [3.63, 3.8) is 0 Å². The highest BCUT2D eigenvalue weighted by molar-refractivity contribution is 6.30. The molecular weight excluding hydrogens is 445 g/mol. The maximum atomic E-state index is 14.7. The summed E-state index contributed by atoms with van der Waals surface area (Å²) in [5, 5.41) is 13.9. The first kappa shape index (κ1) is 23.9. The Balaban J connectivity index is 1.50. The molecule has 2 aromatic rings. The second kappa shape index (κ2) is 9.91. The van der Waals surface area contributed by atoms with Crippen LogP contribution in [-0.2, 0) is 4.79 Å². The van der Waals surface area contributed by atoms with E-state index in [1.54, 1.807) is 17.0 Å². The summed E-state index contributed by atoms with van der Waals surface area (Å²) >= 11 is 5.93. The van der Waals surface area contributed by atoms with E-state index in [0.29, 0.717) is 55.4 Å². The minimum absolute atomic E-state index is 0.0965. The van der Waals surface area contributed by atoms with Crippen LogP contribution in [0.1, 0.15) is 62.0 Å². The second-order valence-electron chi connectivity index (χ2n) is 9.24. The Labute approximate surface area is 199 Å². The molecule has 0 radical (unpaired) electrons. The van der Waals surface area contributed by atoms with Gasteiger partial charge in [0.05, 0.1) is 17.7 Å². The molecule has 1 aliphatic carbocycles. The summed E-state index contributed by atoms with van der Waals surface area (Å²) in [5.74, 6) is -0.160. The number of amides is 1. The van der Waals surface area contributed by atoms with Crippen molar-refractivity contribution in [2.24, 2.45) is 0 Å². The number of rotatable bonds is 6. The Bertz CT molecular complexity index is 1010. The van der Waals surface area contributed by atoms with Crippen LogP contribution in [0.5, 0.6) is 0 Å². The Kier molecular flexibility index (Phi) is 7.16. The molecule has 1 amide bonds. The van der Waals surface area contributed by atoms with Gasteiger partial charge in [-0.05, 0) is 24.5 Å². The van der Waals surface area contributed by atoms with E-state index < -0.39 is 17.8 Å². The quantitative estimate of drug-likeness (QED) is 0.667. The molecule has 9 heteroatoms. The number of nitrogens with zero attached hydrogens (tertiary/aromatic N) is 4. The summed E-state index contributed by atoms with van der Waals surface area (Å²) in [7, 11) is 0. The van der Waals surface area contributed by atoms with E-state index in [9.17, 15) is 14.3 Å². The van der Waals surface area contributed by atoms with Crippen LogP contribution in [0.4, 0.5) is 10.2 Å². The number of nitrogens with one attached hydrogen (secondary N) is 1. The predicted molar refractivity (Wildman–Crippen MR) is 126 cm³/mol. The number of aliphatic hydroxyl groups excluding tert-OH is 1. The van der Waals surface area contributed by atoms with Gasteiger partial charge in [0.2, 0.25) is 5.91 Å². The Morgan fingerprint density at radius 2 is 2.00 bits per heavy atom. The Morgan fingerprint density at radius 1 is 1.27 bits per heavy atom. The van der Waals surface area contributed by atoms with Crippen molar-refractivity contribution in [1.29, 1.82) is 0 Å². The van der Waals surface area contributed by atoms with E-state index in [4.69, 9.17) is 11.6 Å². The molecule has 1 fully saturated rings. The molecule has 2 N–H and O–H groups in total. The summed E-state index contributed by atoms with van der Waals surface area (Å²) in [6.07, 6.45) is 1.60. The van der Waals surface area contributed by atoms with E-state index >= 15 is 0 Å². The normalized spacial score (nSPS) is 21.4. The van der Waals surface area contributed by atoms with Gasteiger partial charge in [-0.1, -0.05) is 38.4 Å². The third-order valence-electron chi connectivity index (χ3n) is 6.54. The van der Waals surface area contributed by atoms with Crippen molar-refractivity contribution in [2.75, 3.05) is 37.6 Å². The number of benzene rings is 1. The van der Waals surface area contributed by atoms with Crippen LogP contribution in [0.3, 0.4) is 0 Å². The maximum Gasteiger partial charge on any atom is 0.231 e. The molecular formula is C24H31ClFN5O2. The van der Waals surface area contributed by atoms with Crippen LogP contribution >= 0.6 is 11.6 Å². The maximum absolute atomic E-state index is 14.7. The van der Waals surface area contributed by atoms with Crippen LogP contribution in [0, 0.1) is 5.82 Å². The van der Waals surface area contributed by atoms with E-state index in [-0.39, 0.29) is 17.9 Å². The number of carbonyl (C=O) groups is 1. The van der Waals surface area contributed by atoms with Crippen LogP contribution in [0.25, 0.3) is 0 Å². The molecule has 0 saturated carbocycles. The van der Waals surface area contributed by atoms with Gasteiger partial charge < -0.3 is 20.2 Å². The van der Waals surface area contributed by atoms with Gasteiger partial charge in [-0.2, -0.15) is 0 Å². The molecule has 178 valence electrons. The zero-order valence-electron chi connectivity index (χ0n) is 19.3. The van der Waals surface area contributed by atoms with Crippen molar-refractivity contribution in [3.8, 4) is 0 Å². The third kappa shape index (κ3) is 4.98. The number of carbonyl (C=O) groups excluding carboxylic acids is 1. The van der Waals surface area contributed by atoms with Crippen molar-refractivity contribution in [1.82, 2.24) is 20.2 Å². The van der Waals surface area contributed by atoms with Gasteiger partial charge >= 0.3 is 0 Å². The van der Waals surface area contributed by atoms with Gasteiger partial charge in [0.1, 0.15) is 18.0 Å². The largest absolute Gasteiger partial charge is 0.387 e. The lowest BCUT2D eigenvalue weighted by molar-refractivity contribution is -0.133. The Morgan fingerprint density at radius 3 is 2.67 bits per heavy atom. The molecule has 7 nitrogen and oxygen atoms in total. The fourth-order valence-electron chi connectivity index (χ4n) is 4.78. The number of fused-ring (bicyclic) bond motifs is 1. The van der Waals surface area contributed by atoms with Gasteiger partial charge in [0.15, 0.2) is 0 Å². The van der Waals surface area contributed by atoms with Crippen molar-refractivity contribution in [2.45, 2.75) is 51.2 Å². The molecule has 33 heavy (non-hydrogen) atoms. The molecule has 1 aromatic heterocycles. The van der Waals surface area contributed by atoms with E-state index in [1.807, 2.05) is 13.8 Å². The lowest BCUT2D eigenvalue weighted by Crippen LogP contribution is -2.51. The standard InChI is InChI=1S/C24H31ClFN5O2/c1-14(2)27-12-18(17-5-4-16(25)11-19(17)26)24(33)31-8-6-30(7-9-31)23-21-15(3)10-20(32)22(21)28-13-29-23/h4-5,11,13-15,18,20,27,32H,6-10,12H2,1-3H3/t15-,18-,20-/m1/s1. The van der Waals surface area contributed by atoms with Crippen molar-refractivity contribution < 1.29 is 14.3 Å². The fraction of sp³-hybridized carbons (Fsp3) is 0.542. The first-order valence-electron chi connectivity index (χ1n) is 11.5. The molecule has 2 aliphatic rings. The summed E-state index contributed by atoms with van der Waals surface area (Å²) < 4.78 is 14.7. The molecule has 3 atom stereocenters. The topological polar surface area (TPSA) is 81.6 Å². The minimum atomic E-state index is -0.630. The first-order chi connectivity index (χ1) is 15.8. The van der Waals surface area contributed by atoms with E-state index in [2.05, 4.69) is 27.1 Å². The van der Waals surface area contributed by atoms with Crippen LogP contribution in [0.2, 0.25) is 5.02 Å². The second-order valence-corrected chi connectivity index (χ2v) is 9.68. The average molecular weight is 476 g/mol. The van der Waals surface area contributed by atoms with Crippen LogP contribution in [0.15, 0.2) is 24.5 Å². The average Bonchev–Trinajstić information content (AvgIpc) is 3.08. The number of anilines is 1. The Hall–Kier alpha value is -2.29. The van der Waals surface area contributed by atoms with Crippen molar-refractivity contribution in [3.05, 3.63) is 52.2 Å². The lowest BCUT2D eigenvalue weighted by Gasteiger charge is -2.38. The summed E-state index contributed by atoms with van der Waals surface area (Å²) in [6.45, 7) is 8.69. The van der Waals surface area contributed by atoms with E-state index in [0.717, 1.165) is 11.4 Å². The summed E-state index contributed by atoms with van der Waals surface area (Å²) in [5.41, 5.74) is 2.08. The SMILES string of the molecule is CC(C)NC[C@@H](C(=O)N1CCN(c2ncnc3c2[C@H](C)C[C@H]3O)CC1)c1ccc(Cl)cc1F. The van der Waals surface area contributed by atoms with E-state index in [1.165, 1.54) is 12.4 Å². The molecule has 4 rings (SSSR count). The van der Waals surface area contributed by atoms with Crippen LogP contribution in [-0.4, -0.2) is 64.6 Å². The highest BCUT2D eigenvalue weighted by Crippen LogP contribution is 2.42. The molecule has 0 bridgehead atoms. The lowest BCUT2D eigenvalue weighted by atomic mass is 9.96. The first-order valence-corrected chi connectivity index (χ1v) is 11.9. The zero-order valence-corrected chi connectivity index (χ0v) is 20.0. The molecule has 0 unspecified atom stereocenters. The van der Waals surface area contributed by atoms with Gasteiger partial charge in [0.25, 0.3) is 0 Å². The van der Waals surface area contributed by atoms with Crippen molar-refractivity contribution >= 4 is 23.3 Å². The number of piperazine rings is 1. The monoisotopic (exact) mass is 475 g/mol. The third-order valence-corrected chi connectivity index (χ3v) is 6.77. The number of aromatic nitrogens is 2. The van der Waals surface area contributed by atoms with Gasteiger partial charge in [-0.3, -0.25) is 4.79 Å². The number of hydrogen-bond donors (Lipinski definition) is 2. The molecule has 1 saturated heterocycles. The number of halogens is 2. The molecule has 0 spiro atoms. The van der Waals surface area contributed by atoms with Gasteiger partial charge in [-0.15, -0.1) is 0 Å². The predicted octanol–water partition coefficient (Wildman–Crippen LogP) is 3.24. The number of hydrogen-bond acceptors (Lipinski definition) is 6. The molecule has 2 heterocycles. The molecule has 1 aliphatic heterocycles. The highest BCUT2D eigenvalue weighted by atomic mass is 35.5. The van der Waals surface area contributed by atoms with Gasteiger partial charge in [-0.25, -0.2) is 14.4 Å². The summed E-state index contributed by atoms with van der Waals surface area (Å²) in [6, 6.07) is 4.66.